The number of morpholine rings is 1. The van der Waals surface area contributed by atoms with Gasteiger partial charge in [0.05, 0.1) is 37.7 Å². The topological polar surface area (TPSA) is 107 Å². The number of hydrogen-bond acceptors (Lipinski definition) is 8. The Bertz CT molecular complexity index is 1550. The lowest BCUT2D eigenvalue weighted by Crippen LogP contribution is -2.36. The summed E-state index contributed by atoms with van der Waals surface area (Å²) in [6, 6.07) is 9.34. The lowest BCUT2D eigenvalue weighted by atomic mass is 10.0. The lowest BCUT2D eigenvalue weighted by molar-refractivity contribution is 0.123. The molecule has 0 radical (unpaired) electrons. The van der Waals surface area contributed by atoms with E-state index in [4.69, 9.17) is 9.47 Å². The second kappa shape index (κ2) is 9.63. The third-order valence-corrected chi connectivity index (χ3v) is 7.17. The van der Waals surface area contributed by atoms with Crippen molar-refractivity contribution < 1.29 is 26.7 Å². The van der Waals surface area contributed by atoms with Crippen LogP contribution in [0.15, 0.2) is 59.8 Å². The van der Waals surface area contributed by atoms with Crippen molar-refractivity contribution in [1.29, 1.82) is 0 Å². The first-order valence-corrected chi connectivity index (χ1v) is 12.4. The van der Waals surface area contributed by atoms with Gasteiger partial charge in [-0.15, -0.1) is 0 Å². The largest absolute Gasteiger partial charge is 0.480 e. The van der Waals surface area contributed by atoms with E-state index in [1.807, 2.05) is 18.2 Å². The Balaban J connectivity index is 1.54. The number of nitrogens with one attached hydrogen (secondary N) is 1. The Kier molecular flexibility index (Phi) is 6.37. The predicted molar refractivity (Wildman–Crippen MR) is 130 cm³/mol. The molecule has 9 nitrogen and oxygen atoms in total. The molecule has 1 aliphatic heterocycles. The first-order valence-electron chi connectivity index (χ1n) is 11.0. The highest BCUT2D eigenvalue weighted by Gasteiger charge is 2.22. The van der Waals surface area contributed by atoms with E-state index in [-0.39, 0.29) is 11.6 Å². The van der Waals surface area contributed by atoms with E-state index < -0.39 is 26.6 Å². The molecule has 1 saturated heterocycles. The summed E-state index contributed by atoms with van der Waals surface area (Å²) in [6.45, 7) is 2.68. The molecule has 36 heavy (non-hydrogen) atoms. The summed E-state index contributed by atoms with van der Waals surface area (Å²) in [5.41, 5.74) is 2.95. The van der Waals surface area contributed by atoms with Crippen molar-refractivity contribution in [2.75, 3.05) is 43.0 Å². The van der Waals surface area contributed by atoms with Crippen molar-refractivity contribution in [2.24, 2.45) is 0 Å². The molecule has 0 bridgehead atoms. The van der Waals surface area contributed by atoms with Crippen molar-refractivity contribution >= 4 is 32.3 Å². The Labute approximate surface area is 205 Å². The highest BCUT2D eigenvalue weighted by Crippen LogP contribution is 2.34. The number of nitrogens with zero attached hydrogens (tertiary/aromatic N) is 4. The number of benzene rings is 2. The number of methoxy groups -OCH3 is 1. The van der Waals surface area contributed by atoms with E-state index in [0.29, 0.717) is 30.4 Å². The zero-order chi connectivity index (χ0) is 25.3. The molecule has 4 aromatic rings. The first kappa shape index (κ1) is 23.8. The van der Waals surface area contributed by atoms with E-state index in [0.717, 1.165) is 41.9 Å². The third-order valence-electron chi connectivity index (χ3n) is 5.78. The Morgan fingerprint density at radius 3 is 2.58 bits per heavy atom. The molecule has 2 aromatic heterocycles. The highest BCUT2D eigenvalue weighted by atomic mass is 32.2. The molecule has 12 heteroatoms. The summed E-state index contributed by atoms with van der Waals surface area (Å²) >= 11 is 0. The van der Waals surface area contributed by atoms with Gasteiger partial charge in [0.2, 0.25) is 5.88 Å². The maximum absolute atomic E-state index is 14.2. The molecule has 0 spiro atoms. The summed E-state index contributed by atoms with van der Waals surface area (Å²) in [6.07, 6.45) is 3.25. The fourth-order valence-corrected chi connectivity index (χ4v) is 5.13. The van der Waals surface area contributed by atoms with Crippen molar-refractivity contribution in [3.8, 4) is 17.0 Å². The average Bonchev–Trinajstić information content (AvgIpc) is 2.88. The van der Waals surface area contributed by atoms with Crippen LogP contribution in [0.4, 0.5) is 20.2 Å². The Hall–Kier alpha value is -3.90. The summed E-state index contributed by atoms with van der Waals surface area (Å²) in [7, 11) is -3.06. The first-order chi connectivity index (χ1) is 17.4. The van der Waals surface area contributed by atoms with Crippen molar-refractivity contribution in [3.63, 3.8) is 0 Å². The molecule has 0 unspecified atom stereocenters. The van der Waals surface area contributed by atoms with Crippen LogP contribution in [-0.4, -0.2) is 57.0 Å². The molecule has 1 fully saturated rings. The second-order valence-electron chi connectivity index (χ2n) is 8.02. The molecule has 0 amide bonds. The van der Waals surface area contributed by atoms with Crippen molar-refractivity contribution in [3.05, 3.63) is 66.5 Å². The van der Waals surface area contributed by atoms with Gasteiger partial charge in [-0.05, 0) is 35.9 Å². The molecule has 5 rings (SSSR count). The average molecular weight is 514 g/mol. The fraction of sp³-hybridized carbons (Fsp3) is 0.208. The smallest absolute Gasteiger partial charge is 0.264 e. The van der Waals surface area contributed by atoms with E-state index in [1.54, 1.807) is 12.4 Å². The molecular formula is C24H21F2N5O4S. The van der Waals surface area contributed by atoms with Crippen LogP contribution in [0, 0.1) is 11.6 Å². The number of halogens is 2. The van der Waals surface area contributed by atoms with Gasteiger partial charge in [0.15, 0.2) is 0 Å². The minimum absolute atomic E-state index is 0.0000723. The van der Waals surface area contributed by atoms with Gasteiger partial charge in [-0.25, -0.2) is 22.2 Å². The van der Waals surface area contributed by atoms with Crippen LogP contribution in [0.2, 0.25) is 0 Å². The van der Waals surface area contributed by atoms with Crippen LogP contribution in [0.1, 0.15) is 0 Å². The summed E-state index contributed by atoms with van der Waals surface area (Å²) < 4.78 is 66.1. The number of ether oxygens (including phenoxy) is 2. The number of hydrogen-bond donors (Lipinski definition) is 1. The molecule has 2 aromatic carbocycles. The van der Waals surface area contributed by atoms with E-state index >= 15 is 0 Å². The van der Waals surface area contributed by atoms with Crippen LogP contribution in [0.25, 0.3) is 22.0 Å². The van der Waals surface area contributed by atoms with Crippen molar-refractivity contribution in [1.82, 2.24) is 15.2 Å². The highest BCUT2D eigenvalue weighted by molar-refractivity contribution is 7.92. The monoisotopic (exact) mass is 513 g/mol. The van der Waals surface area contributed by atoms with Gasteiger partial charge >= 0.3 is 0 Å². The normalized spacial score (nSPS) is 14.1. The second-order valence-corrected chi connectivity index (χ2v) is 9.67. The van der Waals surface area contributed by atoms with Gasteiger partial charge in [0.1, 0.15) is 22.2 Å². The lowest BCUT2D eigenvalue weighted by Gasteiger charge is -2.29. The van der Waals surface area contributed by atoms with E-state index in [9.17, 15) is 17.2 Å². The molecule has 1 N–H and O–H groups in total. The number of pyridine rings is 1. The number of aromatic nitrogens is 3. The molecule has 186 valence electrons. The minimum atomic E-state index is -4.40. The molecule has 3 heterocycles. The number of sulfonamides is 1. The van der Waals surface area contributed by atoms with Crippen LogP contribution in [0.3, 0.4) is 0 Å². The Morgan fingerprint density at radius 1 is 1.03 bits per heavy atom. The van der Waals surface area contributed by atoms with E-state index in [2.05, 4.69) is 24.8 Å². The molecule has 0 saturated carbocycles. The van der Waals surface area contributed by atoms with Crippen LogP contribution in [-0.2, 0) is 14.8 Å². The zero-order valence-corrected chi connectivity index (χ0v) is 19.9. The predicted octanol–water partition coefficient (Wildman–Crippen LogP) is 3.62. The summed E-state index contributed by atoms with van der Waals surface area (Å²) in [5.74, 6) is -2.10. The number of rotatable bonds is 6. The molecular weight excluding hydrogens is 492 g/mol. The Morgan fingerprint density at radius 2 is 1.83 bits per heavy atom. The zero-order valence-electron chi connectivity index (χ0n) is 19.1. The fourth-order valence-electron chi connectivity index (χ4n) is 4.02. The van der Waals surface area contributed by atoms with Crippen LogP contribution < -0.4 is 14.4 Å². The summed E-state index contributed by atoms with van der Waals surface area (Å²) in [5, 5.41) is 9.20. The van der Waals surface area contributed by atoms with Gasteiger partial charge in [0.25, 0.3) is 10.0 Å². The molecule has 0 atom stereocenters. The van der Waals surface area contributed by atoms with Gasteiger partial charge in [-0.2, -0.15) is 10.2 Å². The van der Waals surface area contributed by atoms with Crippen LogP contribution >= 0.6 is 0 Å². The quantitative estimate of drug-likeness (QED) is 0.417. The molecule has 1 aliphatic rings. The third kappa shape index (κ3) is 4.64. The standard InChI is InChI=1S/C24H21F2N5O4S/c1-34-24-21(30-36(32,33)23-5-3-17(25)12-19(23)26)11-16(13-27-24)15-2-4-20-18(10-15)22(14-28-29-20)31-6-8-35-9-7-31/h2-5,10-14,30H,6-9H2,1H3. The van der Waals surface area contributed by atoms with Gasteiger partial charge in [0, 0.05) is 36.3 Å². The van der Waals surface area contributed by atoms with E-state index in [1.165, 1.54) is 13.2 Å². The number of fused-ring (bicyclic) bond motifs is 1. The van der Waals surface area contributed by atoms with Gasteiger partial charge in [-0.1, -0.05) is 6.07 Å². The molecule has 0 aliphatic carbocycles. The van der Waals surface area contributed by atoms with Gasteiger partial charge < -0.3 is 14.4 Å². The van der Waals surface area contributed by atoms with Gasteiger partial charge in [-0.3, -0.25) is 4.72 Å². The minimum Gasteiger partial charge on any atom is -0.480 e. The summed E-state index contributed by atoms with van der Waals surface area (Å²) in [4.78, 5) is 5.70. The maximum Gasteiger partial charge on any atom is 0.264 e. The van der Waals surface area contributed by atoms with Crippen LogP contribution in [0.5, 0.6) is 5.88 Å². The SMILES string of the molecule is COc1ncc(-c2ccc3nncc(N4CCOCC4)c3c2)cc1NS(=O)(=O)c1ccc(F)cc1F. The maximum atomic E-state index is 14.2. The number of anilines is 2. The van der Waals surface area contributed by atoms with Crippen molar-refractivity contribution in [2.45, 2.75) is 4.90 Å².